The molecule has 2 amide bonds. The largest absolute Gasteiger partial charge is 0.452 e. The quantitative estimate of drug-likeness (QED) is 0.623. The molecule has 1 N–H and O–H groups in total. The molecule has 2 aromatic rings. The van der Waals surface area contributed by atoms with Crippen molar-refractivity contribution in [1.29, 1.82) is 0 Å². The monoisotopic (exact) mass is 347 g/mol. The van der Waals surface area contributed by atoms with Crippen molar-refractivity contribution in [3.05, 3.63) is 35.3 Å². The summed E-state index contributed by atoms with van der Waals surface area (Å²) in [5.41, 5.74) is 0.863. The van der Waals surface area contributed by atoms with Crippen LogP contribution in [0.1, 0.15) is 5.01 Å². The van der Waals surface area contributed by atoms with E-state index in [0.29, 0.717) is 5.01 Å². The van der Waals surface area contributed by atoms with Crippen molar-refractivity contribution in [2.75, 3.05) is 27.2 Å². The molecule has 1 aromatic heterocycles. The van der Waals surface area contributed by atoms with E-state index < -0.39 is 18.5 Å². The van der Waals surface area contributed by atoms with Crippen LogP contribution in [-0.4, -0.2) is 54.9 Å². The Morgan fingerprint density at radius 2 is 2.08 bits per heavy atom. The first-order valence-electron chi connectivity index (χ1n) is 7.14. The van der Waals surface area contributed by atoms with Gasteiger partial charge in [0.2, 0.25) is 5.91 Å². The van der Waals surface area contributed by atoms with Gasteiger partial charge in [-0.25, -0.2) is 9.78 Å². The number of rotatable bonds is 6. The number of para-hydroxylation sites is 1. The minimum absolute atomic E-state index is 0.0889. The van der Waals surface area contributed by atoms with Crippen LogP contribution >= 0.6 is 11.3 Å². The highest BCUT2D eigenvalue weighted by Crippen LogP contribution is 2.22. The Labute approximate surface area is 142 Å². The molecular formula is C16H17N3O4S. The predicted octanol–water partition coefficient (Wildman–Crippen LogP) is 1.06. The number of nitrogens with zero attached hydrogens (tertiary/aromatic N) is 2. The Morgan fingerprint density at radius 1 is 1.33 bits per heavy atom. The summed E-state index contributed by atoms with van der Waals surface area (Å²) in [6.45, 7) is -0.509. The number of esters is 1. The summed E-state index contributed by atoms with van der Waals surface area (Å²) in [6.07, 6.45) is 2.77. The van der Waals surface area contributed by atoms with Crippen molar-refractivity contribution in [1.82, 2.24) is 15.2 Å². The maximum atomic E-state index is 11.7. The van der Waals surface area contributed by atoms with Crippen LogP contribution in [0, 0.1) is 0 Å². The van der Waals surface area contributed by atoms with E-state index in [4.69, 9.17) is 4.74 Å². The molecule has 0 radical (unpaired) electrons. The average molecular weight is 347 g/mol. The molecule has 8 heteroatoms. The van der Waals surface area contributed by atoms with Crippen LogP contribution in [0.5, 0.6) is 0 Å². The second-order valence-corrected chi connectivity index (χ2v) is 5.95. The highest BCUT2D eigenvalue weighted by molar-refractivity contribution is 7.19. The molecule has 0 atom stereocenters. The van der Waals surface area contributed by atoms with Crippen molar-refractivity contribution in [3.8, 4) is 0 Å². The van der Waals surface area contributed by atoms with E-state index >= 15 is 0 Å². The van der Waals surface area contributed by atoms with Gasteiger partial charge in [-0.1, -0.05) is 12.1 Å². The number of carbonyl (C=O) groups is 3. The molecule has 0 aliphatic rings. The molecule has 0 saturated carbocycles. The maximum Gasteiger partial charge on any atom is 0.331 e. The number of aromatic nitrogens is 1. The van der Waals surface area contributed by atoms with Gasteiger partial charge in [-0.15, -0.1) is 11.3 Å². The number of hydrogen-bond donors (Lipinski definition) is 1. The topological polar surface area (TPSA) is 88.6 Å². The molecule has 2 rings (SSSR count). The van der Waals surface area contributed by atoms with E-state index in [-0.39, 0.29) is 12.5 Å². The molecule has 0 aliphatic carbocycles. The molecule has 0 saturated heterocycles. The number of ether oxygens (including phenoxy) is 1. The third-order valence-electron chi connectivity index (χ3n) is 3.10. The van der Waals surface area contributed by atoms with E-state index in [0.717, 1.165) is 10.2 Å². The average Bonchev–Trinajstić information content (AvgIpc) is 3.00. The molecule has 1 heterocycles. The number of hydrogen-bond acceptors (Lipinski definition) is 6. The smallest absolute Gasteiger partial charge is 0.331 e. The molecule has 126 valence electrons. The zero-order valence-electron chi connectivity index (χ0n) is 13.3. The minimum Gasteiger partial charge on any atom is -0.452 e. The minimum atomic E-state index is -0.643. The lowest BCUT2D eigenvalue weighted by Crippen LogP contribution is -2.38. The van der Waals surface area contributed by atoms with E-state index in [1.807, 2.05) is 24.3 Å². The van der Waals surface area contributed by atoms with Crippen LogP contribution in [0.3, 0.4) is 0 Å². The second-order valence-electron chi connectivity index (χ2n) is 4.88. The number of amides is 2. The first kappa shape index (κ1) is 17.6. The van der Waals surface area contributed by atoms with Crippen LogP contribution in [-0.2, 0) is 19.1 Å². The van der Waals surface area contributed by atoms with Crippen molar-refractivity contribution < 1.29 is 19.1 Å². The van der Waals surface area contributed by atoms with E-state index in [9.17, 15) is 14.4 Å². The zero-order chi connectivity index (χ0) is 17.5. The van der Waals surface area contributed by atoms with Crippen LogP contribution in [0.15, 0.2) is 30.3 Å². The fraction of sp³-hybridized carbons (Fsp3) is 0.250. The maximum absolute atomic E-state index is 11.7. The first-order chi connectivity index (χ1) is 11.5. The molecule has 24 heavy (non-hydrogen) atoms. The van der Waals surface area contributed by atoms with Gasteiger partial charge in [0, 0.05) is 20.2 Å². The Bertz CT molecular complexity index is 751. The van der Waals surface area contributed by atoms with Gasteiger partial charge in [0.05, 0.1) is 16.8 Å². The molecule has 7 nitrogen and oxygen atoms in total. The lowest BCUT2D eigenvalue weighted by molar-refractivity contribution is -0.148. The van der Waals surface area contributed by atoms with Gasteiger partial charge in [0.1, 0.15) is 5.01 Å². The predicted molar refractivity (Wildman–Crippen MR) is 91.3 cm³/mol. The van der Waals surface area contributed by atoms with Crippen molar-refractivity contribution in [2.24, 2.45) is 0 Å². The van der Waals surface area contributed by atoms with Gasteiger partial charge in [0.15, 0.2) is 6.61 Å². The van der Waals surface area contributed by atoms with Crippen molar-refractivity contribution >= 4 is 45.4 Å². The fourth-order valence-electron chi connectivity index (χ4n) is 1.77. The lowest BCUT2D eigenvalue weighted by Gasteiger charge is -2.15. The summed E-state index contributed by atoms with van der Waals surface area (Å²) in [5, 5.41) is 3.08. The highest BCUT2D eigenvalue weighted by atomic mass is 32.1. The second kappa shape index (κ2) is 8.21. The summed E-state index contributed by atoms with van der Waals surface area (Å²) in [6, 6.07) is 7.65. The van der Waals surface area contributed by atoms with Gasteiger partial charge in [0.25, 0.3) is 5.91 Å². The Balaban J connectivity index is 1.84. The molecule has 1 aromatic carbocycles. The van der Waals surface area contributed by atoms with Gasteiger partial charge in [-0.2, -0.15) is 0 Å². The van der Waals surface area contributed by atoms with Crippen molar-refractivity contribution in [2.45, 2.75) is 0 Å². The van der Waals surface area contributed by atoms with E-state index in [1.165, 1.54) is 36.4 Å². The number of likely N-dealkylation sites (N-methyl/N-ethyl adjacent to an activating group) is 2. The highest BCUT2D eigenvalue weighted by Gasteiger charge is 2.13. The van der Waals surface area contributed by atoms with E-state index in [1.54, 1.807) is 6.08 Å². The molecule has 0 unspecified atom stereocenters. The third-order valence-corrected chi connectivity index (χ3v) is 4.10. The number of thiazole rings is 1. The summed E-state index contributed by atoms with van der Waals surface area (Å²) in [7, 11) is 2.94. The van der Waals surface area contributed by atoms with Crippen LogP contribution < -0.4 is 5.32 Å². The SMILES string of the molecule is CNC(=O)CN(C)C(=O)COC(=O)/C=C/c1nc2ccccc2s1. The molecule has 0 spiro atoms. The van der Waals surface area contributed by atoms with Gasteiger partial charge in [-0.3, -0.25) is 9.59 Å². The first-order valence-corrected chi connectivity index (χ1v) is 7.96. The lowest BCUT2D eigenvalue weighted by atomic mass is 10.3. The van der Waals surface area contributed by atoms with Gasteiger partial charge in [-0.05, 0) is 18.2 Å². The molecule has 0 bridgehead atoms. The van der Waals surface area contributed by atoms with Gasteiger partial charge >= 0.3 is 5.97 Å². The van der Waals surface area contributed by atoms with Gasteiger partial charge < -0.3 is 15.0 Å². The van der Waals surface area contributed by atoms with Crippen molar-refractivity contribution in [3.63, 3.8) is 0 Å². The summed E-state index contributed by atoms with van der Waals surface area (Å²) in [5.74, 6) is -1.40. The van der Waals surface area contributed by atoms with Crippen LogP contribution in [0.4, 0.5) is 0 Å². The van der Waals surface area contributed by atoms with Crippen LogP contribution in [0.2, 0.25) is 0 Å². The van der Waals surface area contributed by atoms with Crippen LogP contribution in [0.25, 0.3) is 16.3 Å². The Kier molecular flexibility index (Phi) is 6.02. The normalized spacial score (nSPS) is 10.8. The summed E-state index contributed by atoms with van der Waals surface area (Å²) >= 11 is 1.45. The third kappa shape index (κ3) is 4.88. The summed E-state index contributed by atoms with van der Waals surface area (Å²) < 4.78 is 5.89. The Hall–Kier alpha value is -2.74. The molecule has 0 aliphatic heterocycles. The number of nitrogens with one attached hydrogen (secondary N) is 1. The standard InChI is InChI=1S/C16H17N3O4S/c1-17-13(20)9-19(2)15(21)10-23-16(22)8-7-14-18-11-5-3-4-6-12(11)24-14/h3-8H,9-10H2,1-2H3,(H,17,20)/b8-7+. The molecule has 0 fully saturated rings. The summed E-state index contributed by atoms with van der Waals surface area (Å²) in [4.78, 5) is 40.1. The molecular weight excluding hydrogens is 330 g/mol. The van der Waals surface area contributed by atoms with E-state index in [2.05, 4.69) is 10.3 Å². The number of carbonyl (C=O) groups excluding carboxylic acids is 3. The Morgan fingerprint density at radius 3 is 2.79 bits per heavy atom. The number of benzene rings is 1. The zero-order valence-corrected chi connectivity index (χ0v) is 14.1. The fourth-order valence-corrected chi connectivity index (χ4v) is 2.64. The number of fused-ring (bicyclic) bond motifs is 1.